The van der Waals surface area contributed by atoms with Gasteiger partial charge in [-0.05, 0) is 28.8 Å². The van der Waals surface area contributed by atoms with Crippen molar-refractivity contribution in [1.29, 1.82) is 0 Å². The van der Waals surface area contributed by atoms with Crippen molar-refractivity contribution in [2.45, 2.75) is 5.60 Å². The highest BCUT2D eigenvalue weighted by atomic mass is 35.5. The van der Waals surface area contributed by atoms with Crippen LogP contribution in [0.3, 0.4) is 0 Å². The number of ketones is 2. The molecule has 122 valence electrons. The molecule has 3 aromatic rings. The smallest absolute Gasteiger partial charge is 0.216 e. The molecule has 0 saturated heterocycles. The average Bonchev–Trinajstić information content (AvgIpc) is 2.85. The van der Waals surface area contributed by atoms with E-state index in [-0.39, 0.29) is 16.7 Å². The Morgan fingerprint density at radius 1 is 0.720 bits per heavy atom. The maximum Gasteiger partial charge on any atom is 0.216 e. The minimum Gasteiger partial charge on any atom is -0.370 e. The van der Waals surface area contributed by atoms with Gasteiger partial charge in [0.15, 0.2) is 0 Å². The molecule has 0 heterocycles. The molecule has 3 aromatic carbocycles. The molecular weight excluding hydrogens is 336 g/mol. The molecule has 3 nitrogen and oxygen atoms in total. The van der Waals surface area contributed by atoms with Crippen LogP contribution >= 0.6 is 11.6 Å². The number of rotatable bonds is 2. The monoisotopic (exact) mass is 348 g/mol. The number of benzene rings is 3. The molecule has 1 N–H and O–H groups in total. The van der Waals surface area contributed by atoms with Gasteiger partial charge in [0.25, 0.3) is 0 Å². The van der Waals surface area contributed by atoms with Gasteiger partial charge in [-0.25, -0.2) is 0 Å². The van der Waals surface area contributed by atoms with E-state index in [4.69, 9.17) is 11.6 Å². The Hall–Kier alpha value is -2.75. The molecule has 0 aliphatic heterocycles. The van der Waals surface area contributed by atoms with Crippen molar-refractivity contribution in [2.24, 2.45) is 0 Å². The third-order valence-corrected chi connectivity index (χ3v) is 4.79. The van der Waals surface area contributed by atoms with Gasteiger partial charge in [0.2, 0.25) is 17.2 Å². The van der Waals surface area contributed by atoms with E-state index in [1.807, 2.05) is 30.3 Å². The highest BCUT2D eigenvalue weighted by Gasteiger charge is 2.53. The molecule has 1 aliphatic rings. The van der Waals surface area contributed by atoms with Crippen LogP contribution in [0, 0.1) is 0 Å². The first-order chi connectivity index (χ1) is 12.0. The number of carbonyl (C=O) groups excluding carboxylic acids is 2. The molecule has 0 spiro atoms. The van der Waals surface area contributed by atoms with Gasteiger partial charge in [-0.2, -0.15) is 0 Å². The van der Waals surface area contributed by atoms with Gasteiger partial charge >= 0.3 is 0 Å². The van der Waals surface area contributed by atoms with Crippen molar-refractivity contribution in [3.05, 3.63) is 94.5 Å². The molecular formula is C21H13ClO3. The van der Waals surface area contributed by atoms with E-state index in [0.717, 1.165) is 5.56 Å². The summed E-state index contributed by atoms with van der Waals surface area (Å²) in [6.45, 7) is 0. The van der Waals surface area contributed by atoms with Crippen LogP contribution in [-0.4, -0.2) is 16.7 Å². The zero-order chi connectivity index (χ0) is 17.6. The lowest BCUT2D eigenvalue weighted by molar-refractivity contribution is 0.0321. The van der Waals surface area contributed by atoms with Crippen LogP contribution in [-0.2, 0) is 5.60 Å². The lowest BCUT2D eigenvalue weighted by Gasteiger charge is -2.19. The summed E-state index contributed by atoms with van der Waals surface area (Å²) in [5, 5.41) is 11.5. The van der Waals surface area contributed by atoms with Crippen LogP contribution in [0.2, 0.25) is 5.02 Å². The molecule has 0 fully saturated rings. The van der Waals surface area contributed by atoms with E-state index in [1.165, 1.54) is 12.1 Å². The number of fused-ring (bicyclic) bond motifs is 1. The second kappa shape index (κ2) is 5.66. The van der Waals surface area contributed by atoms with Crippen LogP contribution < -0.4 is 0 Å². The molecule has 1 unspecified atom stereocenters. The second-order valence-electron chi connectivity index (χ2n) is 5.97. The lowest BCUT2D eigenvalue weighted by atomic mass is 9.88. The maximum atomic E-state index is 13.1. The van der Waals surface area contributed by atoms with Crippen LogP contribution in [0.4, 0.5) is 0 Å². The first kappa shape index (κ1) is 15.8. The van der Waals surface area contributed by atoms with Gasteiger partial charge in [-0.1, -0.05) is 72.3 Å². The molecule has 0 bridgehead atoms. The van der Waals surface area contributed by atoms with Crippen molar-refractivity contribution in [2.75, 3.05) is 0 Å². The number of Topliss-reactive ketones (excluding diaryl/α,β-unsaturated/α-hetero) is 2. The lowest BCUT2D eigenvalue weighted by Crippen LogP contribution is -2.38. The Morgan fingerprint density at radius 3 is 2.04 bits per heavy atom. The van der Waals surface area contributed by atoms with Crippen LogP contribution in [0.25, 0.3) is 11.1 Å². The summed E-state index contributed by atoms with van der Waals surface area (Å²) >= 11 is 5.88. The fourth-order valence-corrected chi connectivity index (χ4v) is 3.40. The van der Waals surface area contributed by atoms with Crippen LogP contribution in [0.1, 0.15) is 26.3 Å². The molecule has 0 saturated carbocycles. The summed E-state index contributed by atoms with van der Waals surface area (Å²) < 4.78 is 0. The first-order valence-corrected chi connectivity index (χ1v) is 8.17. The van der Waals surface area contributed by atoms with E-state index in [9.17, 15) is 14.7 Å². The largest absolute Gasteiger partial charge is 0.370 e. The average molecular weight is 349 g/mol. The summed E-state index contributed by atoms with van der Waals surface area (Å²) in [6, 6.07) is 20.5. The van der Waals surface area contributed by atoms with Gasteiger partial charge in [-0.3, -0.25) is 9.59 Å². The Bertz CT molecular complexity index is 993. The first-order valence-electron chi connectivity index (χ1n) is 7.80. The Labute approximate surface area is 149 Å². The quantitative estimate of drug-likeness (QED) is 0.703. The van der Waals surface area contributed by atoms with Crippen LogP contribution in [0.15, 0.2) is 72.8 Å². The SMILES string of the molecule is O=C1c2cccc(-c3ccccc3)c2C(=O)C1(O)c1ccc(Cl)cc1. The second-order valence-corrected chi connectivity index (χ2v) is 6.41. The Balaban J connectivity index is 1.93. The summed E-state index contributed by atoms with van der Waals surface area (Å²) in [6.07, 6.45) is 0. The molecule has 1 atom stereocenters. The van der Waals surface area contributed by atoms with Crippen molar-refractivity contribution < 1.29 is 14.7 Å². The molecule has 0 amide bonds. The predicted molar refractivity (Wildman–Crippen MR) is 95.9 cm³/mol. The standard InChI is InChI=1S/C21H13ClO3/c22-15-11-9-14(10-12-15)21(25)19(23)17-8-4-7-16(18(17)20(21)24)13-5-2-1-3-6-13/h1-12,25H. The number of carbonyl (C=O) groups is 2. The van der Waals surface area contributed by atoms with Gasteiger partial charge in [-0.15, -0.1) is 0 Å². The van der Waals surface area contributed by atoms with Gasteiger partial charge in [0, 0.05) is 16.1 Å². The number of hydrogen-bond donors (Lipinski definition) is 1. The fraction of sp³-hybridized carbons (Fsp3) is 0.0476. The maximum absolute atomic E-state index is 13.1. The summed E-state index contributed by atoms with van der Waals surface area (Å²) in [7, 11) is 0. The summed E-state index contributed by atoms with van der Waals surface area (Å²) in [5.41, 5.74) is -0.0260. The third kappa shape index (κ3) is 2.24. The minimum atomic E-state index is -2.21. The zero-order valence-corrected chi connectivity index (χ0v) is 13.8. The minimum absolute atomic E-state index is 0.224. The van der Waals surface area contributed by atoms with Crippen molar-refractivity contribution in [3.63, 3.8) is 0 Å². The van der Waals surface area contributed by atoms with Crippen molar-refractivity contribution in [3.8, 4) is 11.1 Å². The van der Waals surface area contributed by atoms with Gasteiger partial charge in [0.1, 0.15) is 0 Å². The molecule has 4 heteroatoms. The highest BCUT2D eigenvalue weighted by molar-refractivity contribution is 6.34. The van der Waals surface area contributed by atoms with Gasteiger partial charge < -0.3 is 5.11 Å². The Kier molecular flexibility index (Phi) is 3.57. The highest BCUT2D eigenvalue weighted by Crippen LogP contribution is 2.42. The molecule has 0 radical (unpaired) electrons. The molecule has 25 heavy (non-hydrogen) atoms. The van der Waals surface area contributed by atoms with Crippen molar-refractivity contribution in [1.82, 2.24) is 0 Å². The van der Waals surface area contributed by atoms with E-state index in [2.05, 4.69) is 0 Å². The fourth-order valence-electron chi connectivity index (χ4n) is 3.28. The number of aliphatic hydroxyl groups is 1. The van der Waals surface area contributed by atoms with Crippen LogP contribution in [0.5, 0.6) is 0 Å². The zero-order valence-electron chi connectivity index (χ0n) is 13.1. The third-order valence-electron chi connectivity index (χ3n) is 4.54. The van der Waals surface area contributed by atoms with Crippen molar-refractivity contribution >= 4 is 23.2 Å². The topological polar surface area (TPSA) is 54.4 Å². The number of hydrogen-bond acceptors (Lipinski definition) is 3. The predicted octanol–water partition coefficient (Wildman–Crippen LogP) is 4.27. The van der Waals surface area contributed by atoms with Gasteiger partial charge in [0.05, 0.1) is 0 Å². The van der Waals surface area contributed by atoms with E-state index < -0.39 is 17.2 Å². The Morgan fingerprint density at radius 2 is 1.36 bits per heavy atom. The van der Waals surface area contributed by atoms with E-state index >= 15 is 0 Å². The summed E-state index contributed by atoms with van der Waals surface area (Å²) in [5.74, 6) is -1.21. The summed E-state index contributed by atoms with van der Waals surface area (Å²) in [4.78, 5) is 26.0. The number of halogens is 1. The normalized spacial score (nSPS) is 19.1. The van der Waals surface area contributed by atoms with E-state index in [0.29, 0.717) is 10.6 Å². The van der Waals surface area contributed by atoms with E-state index in [1.54, 1.807) is 30.3 Å². The molecule has 1 aliphatic carbocycles. The molecule has 4 rings (SSSR count). The molecule has 0 aromatic heterocycles.